The Balaban J connectivity index is 3.60. The summed E-state index contributed by atoms with van der Waals surface area (Å²) in [6.45, 7) is 1.70. The smallest absolute Gasteiger partial charge is 0.258 e. The first kappa shape index (κ1) is 11.6. The number of nitro groups is 1. The van der Waals surface area contributed by atoms with Crippen molar-refractivity contribution < 1.29 is 13.3 Å². The van der Waals surface area contributed by atoms with Crippen molar-refractivity contribution >= 4 is 15.7 Å². The summed E-state index contributed by atoms with van der Waals surface area (Å²) in [4.78, 5) is 9.57. The molecule has 0 saturated carbocycles. The van der Waals surface area contributed by atoms with Gasteiger partial charge in [-0.3, -0.25) is 10.1 Å². The van der Waals surface area contributed by atoms with E-state index in [0.717, 1.165) is 6.07 Å². The van der Waals surface area contributed by atoms with E-state index in [1.54, 1.807) is 6.92 Å². The number of benzene rings is 1. The van der Waals surface area contributed by atoms with Gasteiger partial charge in [-0.1, -0.05) is 19.1 Å². The van der Waals surface area contributed by atoms with Crippen molar-refractivity contribution in [2.24, 2.45) is 5.14 Å². The first-order valence-corrected chi connectivity index (χ1v) is 5.71. The zero-order chi connectivity index (χ0) is 11.6. The highest BCUT2D eigenvalue weighted by Crippen LogP contribution is 2.27. The van der Waals surface area contributed by atoms with Crippen LogP contribution in [0.3, 0.4) is 0 Å². The second kappa shape index (κ2) is 3.95. The summed E-state index contributed by atoms with van der Waals surface area (Å²) >= 11 is 0. The number of primary sulfonamides is 1. The van der Waals surface area contributed by atoms with Crippen molar-refractivity contribution in [1.29, 1.82) is 0 Å². The molecule has 0 amide bonds. The highest BCUT2D eigenvalue weighted by Gasteiger charge is 2.25. The maximum Gasteiger partial charge on any atom is 0.292 e. The molecule has 0 aromatic heterocycles. The Morgan fingerprint density at radius 3 is 2.47 bits per heavy atom. The van der Waals surface area contributed by atoms with Gasteiger partial charge in [-0.2, -0.15) is 0 Å². The Bertz CT molecular complexity index is 495. The first-order chi connectivity index (χ1) is 6.88. The van der Waals surface area contributed by atoms with Gasteiger partial charge in [0.25, 0.3) is 5.69 Å². The normalized spacial score (nSPS) is 11.3. The summed E-state index contributed by atoms with van der Waals surface area (Å²) in [6, 6.07) is 4.07. The van der Waals surface area contributed by atoms with Crippen LogP contribution in [0.15, 0.2) is 23.1 Å². The molecule has 0 fully saturated rings. The molecule has 1 rings (SSSR count). The van der Waals surface area contributed by atoms with E-state index in [9.17, 15) is 18.5 Å². The number of aryl methyl sites for hydroxylation is 1. The van der Waals surface area contributed by atoms with Gasteiger partial charge < -0.3 is 0 Å². The summed E-state index contributed by atoms with van der Waals surface area (Å²) in [6.07, 6.45) is 0.375. The molecule has 15 heavy (non-hydrogen) atoms. The van der Waals surface area contributed by atoms with E-state index in [-0.39, 0.29) is 0 Å². The minimum atomic E-state index is -4.05. The zero-order valence-electron chi connectivity index (χ0n) is 8.00. The lowest BCUT2D eigenvalue weighted by molar-refractivity contribution is -0.388. The number of nitrogens with two attached hydrogens (primary N) is 1. The third-order valence-corrected chi connectivity index (χ3v) is 2.90. The minimum absolute atomic E-state index is 0.353. The largest absolute Gasteiger partial charge is 0.292 e. The molecule has 0 aliphatic rings. The minimum Gasteiger partial charge on any atom is -0.258 e. The molecule has 0 bridgehead atoms. The van der Waals surface area contributed by atoms with Crippen LogP contribution in [0.25, 0.3) is 0 Å². The van der Waals surface area contributed by atoms with Crippen LogP contribution in [-0.4, -0.2) is 13.3 Å². The summed E-state index contributed by atoms with van der Waals surface area (Å²) in [5, 5.41) is 15.6. The number of nitro benzene ring substituents is 1. The third-order valence-electron chi connectivity index (χ3n) is 1.95. The lowest BCUT2D eigenvalue weighted by Crippen LogP contribution is -2.15. The van der Waals surface area contributed by atoms with E-state index in [4.69, 9.17) is 5.14 Å². The lowest BCUT2D eigenvalue weighted by atomic mass is 10.1. The summed E-state index contributed by atoms with van der Waals surface area (Å²) < 4.78 is 22.2. The van der Waals surface area contributed by atoms with Gasteiger partial charge >= 0.3 is 0 Å². The molecule has 0 atom stereocenters. The van der Waals surface area contributed by atoms with Gasteiger partial charge in [-0.25, -0.2) is 13.6 Å². The Morgan fingerprint density at radius 1 is 1.47 bits per heavy atom. The predicted molar refractivity (Wildman–Crippen MR) is 53.8 cm³/mol. The number of hydrogen-bond donors (Lipinski definition) is 1. The molecule has 82 valence electrons. The monoisotopic (exact) mass is 230 g/mol. The molecule has 0 aliphatic heterocycles. The highest BCUT2D eigenvalue weighted by molar-refractivity contribution is 7.89. The lowest BCUT2D eigenvalue weighted by Gasteiger charge is -2.03. The molecule has 1 aromatic rings. The van der Waals surface area contributed by atoms with Crippen molar-refractivity contribution in [3.63, 3.8) is 0 Å². The molecule has 0 aliphatic carbocycles. The number of hydrogen-bond acceptors (Lipinski definition) is 4. The van der Waals surface area contributed by atoms with Crippen molar-refractivity contribution in [3.8, 4) is 0 Å². The second-order valence-electron chi connectivity index (χ2n) is 2.92. The molecule has 1 aromatic carbocycles. The van der Waals surface area contributed by atoms with Crippen LogP contribution in [0.1, 0.15) is 12.5 Å². The number of para-hydroxylation sites is 1. The summed E-state index contributed by atoms with van der Waals surface area (Å²) in [7, 11) is -4.05. The number of rotatable bonds is 3. The van der Waals surface area contributed by atoms with Crippen molar-refractivity contribution in [1.82, 2.24) is 0 Å². The fourth-order valence-corrected chi connectivity index (χ4v) is 2.03. The first-order valence-electron chi connectivity index (χ1n) is 4.17. The van der Waals surface area contributed by atoms with Crippen molar-refractivity contribution in [3.05, 3.63) is 33.9 Å². The molecule has 7 heteroatoms. The second-order valence-corrected chi connectivity index (χ2v) is 4.45. The Labute approximate surface area is 86.9 Å². The molecular formula is C8H10N2O4S. The van der Waals surface area contributed by atoms with E-state index in [1.807, 2.05) is 0 Å². The van der Waals surface area contributed by atoms with Gasteiger partial charge in [0.2, 0.25) is 10.0 Å². The number of nitrogens with zero attached hydrogens (tertiary/aromatic N) is 1. The average Bonchev–Trinajstić information content (AvgIpc) is 2.15. The van der Waals surface area contributed by atoms with Gasteiger partial charge in [0, 0.05) is 5.56 Å². The fourth-order valence-electron chi connectivity index (χ4n) is 1.29. The van der Waals surface area contributed by atoms with E-state index < -0.39 is 25.5 Å². The maximum atomic E-state index is 11.1. The molecule has 2 N–H and O–H groups in total. The predicted octanol–water partition coefficient (Wildman–Crippen LogP) is 0.805. The van der Waals surface area contributed by atoms with E-state index in [2.05, 4.69) is 0 Å². The molecule has 0 spiro atoms. The standard InChI is InChI=1S/C8H10N2O4S/c1-2-6-4-3-5-7(15(9,13)14)8(6)10(11)12/h3-5H,2H2,1H3,(H2,9,13,14). The SMILES string of the molecule is CCc1cccc(S(N)(=O)=O)c1[N+](=O)[O-]. The molecule has 0 saturated heterocycles. The van der Waals surface area contributed by atoms with Gasteiger partial charge in [0.1, 0.15) is 0 Å². The van der Waals surface area contributed by atoms with E-state index in [0.29, 0.717) is 12.0 Å². The quantitative estimate of drug-likeness (QED) is 0.612. The highest BCUT2D eigenvalue weighted by atomic mass is 32.2. The van der Waals surface area contributed by atoms with Crippen LogP contribution in [0, 0.1) is 10.1 Å². The van der Waals surface area contributed by atoms with Gasteiger partial charge in [0.15, 0.2) is 4.90 Å². The fraction of sp³-hybridized carbons (Fsp3) is 0.250. The topological polar surface area (TPSA) is 103 Å². The Hall–Kier alpha value is -1.47. The Kier molecular flexibility index (Phi) is 3.06. The third kappa shape index (κ3) is 2.31. The average molecular weight is 230 g/mol. The van der Waals surface area contributed by atoms with E-state index in [1.165, 1.54) is 12.1 Å². The van der Waals surface area contributed by atoms with Crippen LogP contribution in [0.4, 0.5) is 5.69 Å². The summed E-state index contributed by atoms with van der Waals surface area (Å²) in [5.41, 5.74) is -0.0750. The molecule has 0 radical (unpaired) electrons. The van der Waals surface area contributed by atoms with E-state index >= 15 is 0 Å². The van der Waals surface area contributed by atoms with Gasteiger partial charge in [-0.15, -0.1) is 0 Å². The van der Waals surface area contributed by atoms with Crippen LogP contribution in [-0.2, 0) is 16.4 Å². The number of sulfonamides is 1. The zero-order valence-corrected chi connectivity index (χ0v) is 8.82. The van der Waals surface area contributed by atoms with Crippen molar-refractivity contribution in [2.45, 2.75) is 18.2 Å². The van der Waals surface area contributed by atoms with Gasteiger partial charge in [-0.05, 0) is 12.5 Å². The molecule has 0 heterocycles. The Morgan fingerprint density at radius 2 is 2.07 bits per heavy atom. The van der Waals surface area contributed by atoms with Crippen molar-refractivity contribution in [2.75, 3.05) is 0 Å². The summed E-state index contributed by atoms with van der Waals surface area (Å²) in [5.74, 6) is 0. The molecule has 0 unspecified atom stereocenters. The molecular weight excluding hydrogens is 220 g/mol. The maximum absolute atomic E-state index is 11.1. The van der Waals surface area contributed by atoms with Crippen LogP contribution >= 0.6 is 0 Å². The van der Waals surface area contributed by atoms with Gasteiger partial charge in [0.05, 0.1) is 4.92 Å². The van der Waals surface area contributed by atoms with Crippen LogP contribution in [0.5, 0.6) is 0 Å². The van der Waals surface area contributed by atoms with Crippen LogP contribution < -0.4 is 5.14 Å². The van der Waals surface area contributed by atoms with Crippen LogP contribution in [0.2, 0.25) is 0 Å². The molecule has 6 nitrogen and oxygen atoms in total.